The Morgan fingerprint density at radius 2 is 1.97 bits per heavy atom. The summed E-state index contributed by atoms with van der Waals surface area (Å²) in [7, 11) is 1.72. The van der Waals surface area contributed by atoms with Crippen molar-refractivity contribution in [3.63, 3.8) is 0 Å². The molecule has 11 heteroatoms. The molecule has 1 aliphatic heterocycles. The van der Waals surface area contributed by atoms with E-state index in [4.69, 9.17) is 4.74 Å². The van der Waals surface area contributed by atoms with Crippen molar-refractivity contribution in [3.05, 3.63) is 48.0 Å². The molecule has 3 N–H and O–H groups in total. The van der Waals surface area contributed by atoms with Crippen molar-refractivity contribution in [3.8, 4) is 6.01 Å². The number of aliphatic hydroxyl groups is 1. The maximum Gasteiger partial charge on any atom is 0.317 e. The Morgan fingerprint density at radius 1 is 1.18 bits per heavy atom. The van der Waals surface area contributed by atoms with Crippen LogP contribution >= 0.6 is 0 Å². The predicted molar refractivity (Wildman–Crippen MR) is 147 cm³/mol. The fourth-order valence-electron chi connectivity index (χ4n) is 5.79. The van der Waals surface area contributed by atoms with E-state index in [9.17, 15) is 14.3 Å². The minimum atomic E-state index is -0.570. The summed E-state index contributed by atoms with van der Waals surface area (Å²) >= 11 is 0. The van der Waals surface area contributed by atoms with Crippen molar-refractivity contribution in [2.75, 3.05) is 23.3 Å². The lowest BCUT2D eigenvalue weighted by Crippen LogP contribution is -2.54. The smallest absolute Gasteiger partial charge is 0.317 e. The van der Waals surface area contributed by atoms with Gasteiger partial charge in [0.1, 0.15) is 11.6 Å². The number of amides is 1. The van der Waals surface area contributed by atoms with Gasteiger partial charge in [0.15, 0.2) is 5.82 Å². The first kappa shape index (κ1) is 25.4. The fourth-order valence-corrected chi connectivity index (χ4v) is 5.79. The molecule has 1 saturated carbocycles. The van der Waals surface area contributed by atoms with Crippen LogP contribution in [0.3, 0.4) is 0 Å². The summed E-state index contributed by atoms with van der Waals surface area (Å²) in [5.74, 6) is -0.944. The Bertz CT molecular complexity index is 1550. The zero-order valence-electron chi connectivity index (χ0n) is 22.2. The Kier molecular flexibility index (Phi) is 6.56. The molecule has 0 spiro atoms. The molecule has 0 bridgehead atoms. The van der Waals surface area contributed by atoms with Gasteiger partial charge in [-0.1, -0.05) is 0 Å². The van der Waals surface area contributed by atoms with Gasteiger partial charge in [-0.3, -0.25) is 9.48 Å². The Morgan fingerprint density at radius 3 is 2.72 bits per heavy atom. The molecule has 1 aliphatic carbocycles. The summed E-state index contributed by atoms with van der Waals surface area (Å²) in [6.45, 7) is 5.87. The monoisotopic (exact) mass is 533 g/mol. The van der Waals surface area contributed by atoms with E-state index in [0.29, 0.717) is 28.6 Å². The maximum absolute atomic E-state index is 14.7. The summed E-state index contributed by atoms with van der Waals surface area (Å²) in [4.78, 5) is 24.9. The van der Waals surface area contributed by atoms with E-state index < -0.39 is 17.8 Å². The highest BCUT2D eigenvalue weighted by molar-refractivity contribution is 6.14. The number of hydrogen-bond acceptors (Lipinski definition) is 8. The van der Waals surface area contributed by atoms with Crippen molar-refractivity contribution in [2.45, 2.75) is 57.4 Å². The Balaban J connectivity index is 1.39. The maximum atomic E-state index is 14.7. The van der Waals surface area contributed by atoms with E-state index in [-0.39, 0.29) is 29.7 Å². The average molecular weight is 534 g/mol. The SMILES string of the molecule is C[C@H]1CN(c2ccc(C(=O)Nc3cc(F)c4nn(C)cc4c3)c3nc(OC4CCCC4O)ncc23)C[C@H](C)N1. The number of halogens is 1. The molecule has 2 aliphatic rings. The number of piperazine rings is 1. The number of nitrogens with one attached hydrogen (secondary N) is 2. The number of rotatable bonds is 5. The number of ether oxygens (including phenoxy) is 1. The molecule has 39 heavy (non-hydrogen) atoms. The number of benzene rings is 2. The van der Waals surface area contributed by atoms with Gasteiger partial charge in [-0.25, -0.2) is 9.37 Å². The Hall–Kier alpha value is -3.83. The second-order valence-electron chi connectivity index (χ2n) is 10.7. The van der Waals surface area contributed by atoms with Gasteiger partial charge < -0.3 is 25.4 Å². The number of fused-ring (bicyclic) bond motifs is 2. The van der Waals surface area contributed by atoms with E-state index in [2.05, 4.69) is 44.4 Å². The minimum absolute atomic E-state index is 0.115. The fraction of sp³-hybridized carbons (Fsp3) is 0.429. The zero-order valence-corrected chi connectivity index (χ0v) is 22.2. The van der Waals surface area contributed by atoms with E-state index in [1.165, 1.54) is 10.7 Å². The third-order valence-electron chi connectivity index (χ3n) is 7.46. The van der Waals surface area contributed by atoms with Crippen LogP contribution in [0.2, 0.25) is 0 Å². The van der Waals surface area contributed by atoms with Crippen molar-refractivity contribution in [1.29, 1.82) is 0 Å². The minimum Gasteiger partial charge on any atom is -0.457 e. The summed E-state index contributed by atoms with van der Waals surface area (Å²) in [6, 6.07) is 7.30. The van der Waals surface area contributed by atoms with Crippen LogP contribution in [0.1, 0.15) is 43.5 Å². The van der Waals surface area contributed by atoms with Gasteiger partial charge in [-0.15, -0.1) is 0 Å². The van der Waals surface area contributed by atoms with Gasteiger partial charge in [0, 0.05) is 66.8 Å². The van der Waals surface area contributed by atoms with Gasteiger partial charge in [-0.2, -0.15) is 10.1 Å². The molecule has 10 nitrogen and oxygen atoms in total. The highest BCUT2D eigenvalue weighted by atomic mass is 19.1. The van der Waals surface area contributed by atoms with Crippen LogP contribution in [0.25, 0.3) is 21.8 Å². The molecule has 1 saturated heterocycles. The van der Waals surface area contributed by atoms with Crippen LogP contribution in [-0.2, 0) is 7.05 Å². The lowest BCUT2D eigenvalue weighted by molar-refractivity contribution is 0.0544. The van der Waals surface area contributed by atoms with Gasteiger partial charge in [-0.05, 0) is 57.4 Å². The third kappa shape index (κ3) is 4.99. The van der Waals surface area contributed by atoms with Crippen LogP contribution in [0.5, 0.6) is 6.01 Å². The zero-order chi connectivity index (χ0) is 27.3. The molecule has 2 unspecified atom stereocenters. The molecule has 0 radical (unpaired) electrons. The molecule has 2 fully saturated rings. The van der Waals surface area contributed by atoms with Crippen molar-refractivity contribution < 1.29 is 19.0 Å². The van der Waals surface area contributed by atoms with Crippen LogP contribution in [0, 0.1) is 5.82 Å². The van der Waals surface area contributed by atoms with Crippen LogP contribution in [-0.4, -0.2) is 68.1 Å². The lowest BCUT2D eigenvalue weighted by atomic mass is 10.0. The average Bonchev–Trinajstić information content (AvgIpc) is 3.47. The number of aliphatic hydroxyl groups excluding tert-OH is 1. The first-order valence-corrected chi connectivity index (χ1v) is 13.3. The first-order valence-electron chi connectivity index (χ1n) is 13.3. The van der Waals surface area contributed by atoms with E-state index in [0.717, 1.165) is 37.0 Å². The quantitative estimate of drug-likeness (QED) is 0.358. The number of carbonyl (C=O) groups excluding carboxylic acids is 1. The predicted octanol–water partition coefficient (Wildman–Crippen LogP) is 3.39. The van der Waals surface area contributed by atoms with Crippen molar-refractivity contribution >= 4 is 39.1 Å². The molecule has 204 valence electrons. The first-order chi connectivity index (χ1) is 18.7. The molecular weight excluding hydrogens is 501 g/mol. The molecule has 1 amide bonds. The molecule has 4 aromatic rings. The summed E-state index contributed by atoms with van der Waals surface area (Å²) in [5, 5.41) is 22.0. The number of aryl methyl sites for hydroxylation is 1. The second-order valence-corrected chi connectivity index (χ2v) is 10.7. The number of aromatic nitrogens is 4. The molecule has 4 atom stereocenters. The largest absolute Gasteiger partial charge is 0.457 e. The van der Waals surface area contributed by atoms with Crippen molar-refractivity contribution in [2.24, 2.45) is 7.05 Å². The number of anilines is 2. The number of hydrogen-bond donors (Lipinski definition) is 3. The van der Waals surface area contributed by atoms with E-state index in [1.807, 2.05) is 6.07 Å². The highest BCUT2D eigenvalue weighted by Gasteiger charge is 2.29. The molecule has 3 heterocycles. The van der Waals surface area contributed by atoms with E-state index >= 15 is 0 Å². The van der Waals surface area contributed by atoms with Gasteiger partial charge in [0.25, 0.3) is 5.91 Å². The number of nitrogens with zero attached hydrogens (tertiary/aromatic N) is 5. The lowest BCUT2D eigenvalue weighted by Gasteiger charge is -2.38. The van der Waals surface area contributed by atoms with Crippen LogP contribution < -0.4 is 20.3 Å². The van der Waals surface area contributed by atoms with Crippen LogP contribution in [0.4, 0.5) is 15.8 Å². The van der Waals surface area contributed by atoms with Gasteiger partial charge in [0.05, 0.1) is 17.2 Å². The normalized spacial score (nSPS) is 23.5. The molecule has 2 aromatic carbocycles. The highest BCUT2D eigenvalue weighted by Crippen LogP contribution is 2.32. The van der Waals surface area contributed by atoms with Crippen LogP contribution in [0.15, 0.2) is 36.7 Å². The standard InChI is InChI=1S/C28H32FN7O3/c1-15-12-36(13-16(2)31-15)22-8-7-19(26-20(22)11-30-28(33-26)39-24-6-4-5-23(24)37)27(38)32-18-9-17-14-35(3)34-25(17)21(29)10-18/h7-11,14-16,23-24,31,37H,4-6,12-13H2,1-3H3,(H,32,38)/t15-,16-,23?,24?/m0/s1. The summed E-state index contributed by atoms with van der Waals surface area (Å²) < 4.78 is 22.1. The summed E-state index contributed by atoms with van der Waals surface area (Å²) in [5.41, 5.74) is 2.24. The molecule has 2 aromatic heterocycles. The van der Waals surface area contributed by atoms with Crippen molar-refractivity contribution in [1.82, 2.24) is 25.1 Å². The number of carbonyl (C=O) groups is 1. The van der Waals surface area contributed by atoms with E-state index in [1.54, 1.807) is 31.6 Å². The van der Waals surface area contributed by atoms with Gasteiger partial charge >= 0.3 is 6.01 Å². The third-order valence-corrected chi connectivity index (χ3v) is 7.46. The van der Waals surface area contributed by atoms with Gasteiger partial charge in [0.2, 0.25) is 0 Å². The Labute approximate surface area is 225 Å². The molecular formula is C28H32FN7O3. The molecule has 6 rings (SSSR count). The second kappa shape index (κ2) is 10.0. The summed E-state index contributed by atoms with van der Waals surface area (Å²) in [6.07, 6.45) is 4.69. The topological polar surface area (TPSA) is 117 Å².